The zero-order valence-electron chi connectivity index (χ0n) is 16.5. The second kappa shape index (κ2) is 8.31. The van der Waals surface area contributed by atoms with Crippen molar-refractivity contribution in [2.75, 3.05) is 19.4 Å². The number of rotatable bonds is 6. The minimum absolute atomic E-state index is 0.149. The van der Waals surface area contributed by atoms with E-state index >= 15 is 0 Å². The van der Waals surface area contributed by atoms with Crippen molar-refractivity contribution in [1.29, 1.82) is 0 Å². The first-order valence-electron chi connectivity index (χ1n) is 9.03. The van der Waals surface area contributed by atoms with E-state index in [0.29, 0.717) is 41.6 Å². The van der Waals surface area contributed by atoms with E-state index in [1.54, 1.807) is 32.2 Å². The fraction of sp³-hybridized carbons (Fsp3) is 0.286. The molecule has 0 atom stereocenters. The number of nitrogens with zero attached hydrogens (tertiary/aromatic N) is 3. The molecule has 0 saturated carbocycles. The largest absolute Gasteiger partial charge is 0.366 e. The Hall–Kier alpha value is -3.06. The number of pyridine rings is 1. The summed E-state index contributed by atoms with van der Waals surface area (Å²) in [5.41, 5.74) is 3.39. The predicted molar refractivity (Wildman–Crippen MR) is 109 cm³/mol. The number of halogens is 1. The van der Waals surface area contributed by atoms with Gasteiger partial charge in [-0.2, -0.15) is 0 Å². The number of aryl methyl sites for hydroxylation is 1. The van der Waals surface area contributed by atoms with Crippen LogP contribution in [-0.4, -0.2) is 33.9 Å². The molecule has 0 bridgehead atoms. The molecule has 0 aliphatic heterocycles. The van der Waals surface area contributed by atoms with Crippen LogP contribution in [0.3, 0.4) is 0 Å². The van der Waals surface area contributed by atoms with Crippen molar-refractivity contribution in [1.82, 2.24) is 19.9 Å². The monoisotopic (exact) mass is 381 g/mol. The molecular formula is C21H24FN5O. The van der Waals surface area contributed by atoms with E-state index < -0.39 is 0 Å². The Balaban J connectivity index is 1.68. The zero-order chi connectivity index (χ0) is 20.3. The number of hydrogen-bond acceptors (Lipinski definition) is 5. The molecule has 28 heavy (non-hydrogen) atoms. The van der Waals surface area contributed by atoms with Crippen LogP contribution in [0.25, 0.3) is 11.4 Å². The Labute approximate surface area is 163 Å². The van der Waals surface area contributed by atoms with Gasteiger partial charge in [-0.05, 0) is 51.7 Å². The van der Waals surface area contributed by atoms with E-state index in [1.807, 2.05) is 37.2 Å². The van der Waals surface area contributed by atoms with E-state index in [-0.39, 0.29) is 11.4 Å². The summed E-state index contributed by atoms with van der Waals surface area (Å²) in [6.07, 6.45) is 1.65. The van der Waals surface area contributed by atoms with Crippen molar-refractivity contribution in [2.24, 2.45) is 0 Å². The predicted octanol–water partition coefficient (Wildman–Crippen LogP) is 3.26. The van der Waals surface area contributed by atoms with Crippen molar-refractivity contribution >= 4 is 5.82 Å². The SMILES string of the molecule is Cc1nc(-c2ccc(NCc3ccc(CN(C)C)c(F)c3)nc2)[nH]c(=O)c1C. The molecule has 0 saturated heterocycles. The lowest BCUT2D eigenvalue weighted by molar-refractivity contribution is 0.392. The lowest BCUT2D eigenvalue weighted by Gasteiger charge is -2.12. The van der Waals surface area contributed by atoms with Gasteiger partial charge in [0.15, 0.2) is 0 Å². The van der Waals surface area contributed by atoms with E-state index in [2.05, 4.69) is 20.3 Å². The van der Waals surface area contributed by atoms with Gasteiger partial charge in [0.2, 0.25) is 0 Å². The Morgan fingerprint density at radius 1 is 1.18 bits per heavy atom. The number of aromatic amines is 1. The first kappa shape index (κ1) is 19.7. The summed E-state index contributed by atoms with van der Waals surface area (Å²) in [7, 11) is 3.82. The van der Waals surface area contributed by atoms with Crippen LogP contribution in [-0.2, 0) is 13.1 Å². The molecule has 1 aromatic carbocycles. The molecule has 0 fully saturated rings. The average Bonchev–Trinajstić information content (AvgIpc) is 2.66. The number of aromatic nitrogens is 3. The third-order valence-corrected chi connectivity index (χ3v) is 4.51. The standard InChI is InChI=1S/C21H24FN5O/c1-13-14(2)25-20(26-21(13)28)16-7-8-19(24-11-16)23-10-15-5-6-17(12-27(3)4)18(22)9-15/h5-9,11H,10,12H2,1-4H3,(H,23,24)(H,25,26,28). The van der Waals surface area contributed by atoms with Crippen LogP contribution in [0.4, 0.5) is 10.2 Å². The van der Waals surface area contributed by atoms with Gasteiger partial charge in [-0.25, -0.2) is 14.4 Å². The number of anilines is 1. The topological polar surface area (TPSA) is 73.9 Å². The molecule has 7 heteroatoms. The Kier molecular flexibility index (Phi) is 5.84. The minimum Gasteiger partial charge on any atom is -0.366 e. The van der Waals surface area contributed by atoms with Crippen molar-refractivity contribution in [3.63, 3.8) is 0 Å². The maximum atomic E-state index is 14.2. The number of benzene rings is 1. The van der Waals surface area contributed by atoms with Gasteiger partial charge in [-0.1, -0.05) is 12.1 Å². The quantitative estimate of drug-likeness (QED) is 0.686. The molecule has 146 valence electrons. The second-order valence-electron chi connectivity index (χ2n) is 7.07. The van der Waals surface area contributed by atoms with Crippen LogP contribution < -0.4 is 10.9 Å². The molecule has 3 rings (SSSR count). The summed E-state index contributed by atoms with van der Waals surface area (Å²) in [6, 6.07) is 8.91. The molecule has 3 aromatic rings. The number of nitrogens with one attached hydrogen (secondary N) is 2. The molecule has 0 amide bonds. The maximum Gasteiger partial charge on any atom is 0.254 e. The van der Waals surface area contributed by atoms with Crippen molar-refractivity contribution in [3.8, 4) is 11.4 Å². The molecule has 0 aliphatic rings. The number of hydrogen-bond donors (Lipinski definition) is 2. The smallest absolute Gasteiger partial charge is 0.254 e. The van der Waals surface area contributed by atoms with Gasteiger partial charge in [0, 0.05) is 41.7 Å². The highest BCUT2D eigenvalue weighted by molar-refractivity contribution is 5.56. The molecular weight excluding hydrogens is 357 g/mol. The summed E-state index contributed by atoms with van der Waals surface area (Å²) in [5.74, 6) is 0.944. The van der Waals surface area contributed by atoms with E-state index in [0.717, 1.165) is 11.1 Å². The molecule has 0 unspecified atom stereocenters. The fourth-order valence-electron chi connectivity index (χ4n) is 2.78. The van der Waals surface area contributed by atoms with Gasteiger partial charge < -0.3 is 15.2 Å². The van der Waals surface area contributed by atoms with Crippen LogP contribution in [0, 0.1) is 19.7 Å². The van der Waals surface area contributed by atoms with E-state index in [1.165, 1.54) is 0 Å². The van der Waals surface area contributed by atoms with Crippen LogP contribution in [0.1, 0.15) is 22.4 Å². The van der Waals surface area contributed by atoms with E-state index in [4.69, 9.17) is 0 Å². The second-order valence-corrected chi connectivity index (χ2v) is 7.07. The minimum atomic E-state index is -0.207. The number of H-pyrrole nitrogens is 1. The Morgan fingerprint density at radius 3 is 2.57 bits per heavy atom. The van der Waals surface area contributed by atoms with Crippen molar-refractivity contribution in [3.05, 3.63) is 75.1 Å². The van der Waals surface area contributed by atoms with Crippen LogP contribution in [0.15, 0.2) is 41.3 Å². The summed E-state index contributed by atoms with van der Waals surface area (Å²) in [6.45, 7) is 4.58. The molecule has 2 heterocycles. The molecule has 0 radical (unpaired) electrons. The fourth-order valence-corrected chi connectivity index (χ4v) is 2.78. The normalized spacial score (nSPS) is 11.1. The Bertz CT molecular complexity index is 1030. The van der Waals surface area contributed by atoms with Crippen LogP contribution in [0.5, 0.6) is 0 Å². The molecule has 0 aliphatic carbocycles. The molecule has 2 aromatic heterocycles. The maximum absolute atomic E-state index is 14.2. The van der Waals surface area contributed by atoms with Gasteiger partial charge in [0.1, 0.15) is 17.5 Å². The van der Waals surface area contributed by atoms with Gasteiger partial charge in [0.25, 0.3) is 5.56 Å². The highest BCUT2D eigenvalue weighted by atomic mass is 19.1. The molecule has 6 nitrogen and oxygen atoms in total. The third-order valence-electron chi connectivity index (χ3n) is 4.51. The summed E-state index contributed by atoms with van der Waals surface area (Å²) < 4.78 is 14.2. The third kappa shape index (κ3) is 4.61. The highest BCUT2D eigenvalue weighted by Gasteiger charge is 2.08. The van der Waals surface area contributed by atoms with Crippen molar-refractivity contribution < 1.29 is 4.39 Å². The zero-order valence-corrected chi connectivity index (χ0v) is 16.5. The first-order chi connectivity index (χ1) is 13.3. The van der Waals surface area contributed by atoms with Gasteiger partial charge in [-0.3, -0.25) is 4.79 Å². The molecule has 2 N–H and O–H groups in total. The van der Waals surface area contributed by atoms with Crippen LogP contribution in [0.2, 0.25) is 0 Å². The molecule has 0 spiro atoms. The van der Waals surface area contributed by atoms with Gasteiger partial charge in [0.05, 0.1) is 0 Å². The average molecular weight is 381 g/mol. The Morgan fingerprint density at radius 2 is 1.96 bits per heavy atom. The highest BCUT2D eigenvalue weighted by Crippen LogP contribution is 2.17. The lowest BCUT2D eigenvalue weighted by Crippen LogP contribution is -2.14. The summed E-state index contributed by atoms with van der Waals surface area (Å²) in [5, 5.41) is 3.18. The van der Waals surface area contributed by atoms with Crippen molar-refractivity contribution in [2.45, 2.75) is 26.9 Å². The van der Waals surface area contributed by atoms with Gasteiger partial charge >= 0.3 is 0 Å². The van der Waals surface area contributed by atoms with E-state index in [9.17, 15) is 9.18 Å². The summed E-state index contributed by atoms with van der Waals surface area (Å²) >= 11 is 0. The lowest BCUT2D eigenvalue weighted by atomic mass is 10.1. The first-order valence-corrected chi connectivity index (χ1v) is 9.03. The van der Waals surface area contributed by atoms with Gasteiger partial charge in [-0.15, -0.1) is 0 Å². The van der Waals surface area contributed by atoms with Crippen LogP contribution >= 0.6 is 0 Å². The summed E-state index contributed by atoms with van der Waals surface area (Å²) in [4.78, 5) is 25.4.